The summed E-state index contributed by atoms with van der Waals surface area (Å²) in [5, 5.41) is 3.87. The minimum Gasteiger partial charge on any atom is -0.494 e. The second-order valence-corrected chi connectivity index (χ2v) is 13.0. The summed E-state index contributed by atoms with van der Waals surface area (Å²) in [5.74, 6) is 0.0255. The SMILES string of the molecule is COc1cc(C(=O)N2CC[C@@H](OC)[C@@H](N)C2)cc2nc(-c3cc4ccc5nc4n3CCCCCc3cncc(F)c3C(=O)N[C@@H]5C)n(C)c12. The van der Waals surface area contributed by atoms with Crippen molar-refractivity contribution in [3.05, 3.63) is 70.9 Å². The Labute approximate surface area is 283 Å². The number of nitrogens with two attached hydrogens (primary N) is 1. The maximum absolute atomic E-state index is 14.8. The average Bonchev–Trinajstić information content (AvgIpc) is 3.63. The number of methoxy groups -OCH3 is 2. The summed E-state index contributed by atoms with van der Waals surface area (Å²) in [5.41, 5.74) is 11.1. The first-order valence-corrected chi connectivity index (χ1v) is 16.7. The van der Waals surface area contributed by atoms with E-state index in [2.05, 4.69) is 20.9 Å². The molecule has 1 fully saturated rings. The predicted molar refractivity (Wildman–Crippen MR) is 183 cm³/mol. The van der Waals surface area contributed by atoms with Crippen LogP contribution in [0.3, 0.4) is 0 Å². The predicted octanol–water partition coefficient (Wildman–Crippen LogP) is 4.54. The molecule has 256 valence electrons. The topological polar surface area (TPSA) is 142 Å². The lowest BCUT2D eigenvalue weighted by molar-refractivity contribution is 0.0227. The fraction of sp³-hybridized carbons (Fsp3) is 0.417. The van der Waals surface area contributed by atoms with E-state index in [4.69, 9.17) is 25.2 Å². The number of carbonyl (C=O) groups is 2. The molecule has 3 N–H and O–H groups in total. The number of pyridine rings is 2. The van der Waals surface area contributed by atoms with E-state index in [0.29, 0.717) is 66.4 Å². The van der Waals surface area contributed by atoms with Crippen LogP contribution in [0.2, 0.25) is 0 Å². The van der Waals surface area contributed by atoms with Gasteiger partial charge in [-0.25, -0.2) is 14.4 Å². The van der Waals surface area contributed by atoms with E-state index in [1.165, 1.54) is 0 Å². The zero-order valence-electron chi connectivity index (χ0n) is 28.2. The Balaban J connectivity index is 1.28. The Morgan fingerprint density at radius 2 is 1.92 bits per heavy atom. The molecule has 2 amide bonds. The Hall–Kier alpha value is -4.88. The molecule has 4 aromatic heterocycles. The molecule has 6 heterocycles. The van der Waals surface area contributed by atoms with Crippen LogP contribution in [0.4, 0.5) is 4.39 Å². The molecule has 3 atom stereocenters. The Bertz CT molecular complexity index is 2070. The van der Waals surface area contributed by atoms with Crippen molar-refractivity contribution in [2.75, 3.05) is 27.3 Å². The highest BCUT2D eigenvalue weighted by atomic mass is 19.1. The lowest BCUT2D eigenvalue weighted by Gasteiger charge is -2.36. The van der Waals surface area contributed by atoms with Gasteiger partial charge in [-0.05, 0) is 68.5 Å². The summed E-state index contributed by atoms with van der Waals surface area (Å²) in [6.45, 7) is 3.47. The molecular formula is C36H41FN8O4. The van der Waals surface area contributed by atoms with Gasteiger partial charge in [0.05, 0.1) is 47.9 Å². The minimum atomic E-state index is -0.622. The van der Waals surface area contributed by atoms with Gasteiger partial charge in [0, 0.05) is 57.0 Å². The van der Waals surface area contributed by atoms with Crippen LogP contribution in [0, 0.1) is 5.82 Å². The van der Waals surface area contributed by atoms with Crippen molar-refractivity contribution < 1.29 is 23.5 Å². The quantitative estimate of drug-likeness (QED) is 0.284. The number of benzene rings is 1. The largest absolute Gasteiger partial charge is 0.494 e. The van der Waals surface area contributed by atoms with Gasteiger partial charge in [0.1, 0.15) is 16.9 Å². The third-order valence-corrected chi connectivity index (χ3v) is 9.90. The Morgan fingerprint density at radius 3 is 2.69 bits per heavy atom. The van der Waals surface area contributed by atoms with E-state index in [1.807, 2.05) is 36.7 Å². The van der Waals surface area contributed by atoms with Crippen LogP contribution >= 0.6 is 0 Å². The third kappa shape index (κ3) is 5.90. The summed E-state index contributed by atoms with van der Waals surface area (Å²) in [6.07, 6.45) is 6.25. The van der Waals surface area contributed by atoms with Gasteiger partial charge < -0.3 is 34.6 Å². The number of nitrogens with one attached hydrogen (secondary N) is 1. The third-order valence-electron chi connectivity index (χ3n) is 9.90. The van der Waals surface area contributed by atoms with Crippen molar-refractivity contribution in [3.8, 4) is 17.3 Å². The lowest BCUT2D eigenvalue weighted by atomic mass is 10.0. The highest BCUT2D eigenvalue weighted by Gasteiger charge is 2.31. The van der Waals surface area contributed by atoms with Gasteiger partial charge in [-0.3, -0.25) is 14.6 Å². The number of halogens is 1. The molecule has 0 saturated carbocycles. The standard InChI is InChI=1S/C36H41FN8O4/c1-20-26-10-9-21-15-28(45(33(21)41-26)12-7-5-6-8-22-17-39-18-24(37)31(22)35(46)40-20)34-42-27-14-23(16-30(49-4)32(27)43(34)2)36(47)44-13-11-29(48-3)25(38)19-44/h9-10,14-18,20,25,29H,5-8,11-13,19,38H2,1-4H3,(H,40,46)/t20-,25+,29-/m1/s1. The van der Waals surface area contributed by atoms with E-state index < -0.39 is 17.8 Å². The number of imidazole rings is 1. The van der Waals surface area contributed by atoms with Crippen LogP contribution in [-0.2, 0) is 24.8 Å². The molecule has 0 unspecified atom stereocenters. The Kier molecular flexibility index (Phi) is 8.80. The number of hydrogen-bond donors (Lipinski definition) is 2. The molecule has 12 nitrogen and oxygen atoms in total. The van der Waals surface area contributed by atoms with Crippen molar-refractivity contribution in [2.24, 2.45) is 12.8 Å². The van der Waals surface area contributed by atoms with E-state index in [0.717, 1.165) is 47.7 Å². The maximum atomic E-state index is 14.8. The van der Waals surface area contributed by atoms with Crippen LogP contribution < -0.4 is 15.8 Å². The van der Waals surface area contributed by atoms with Gasteiger partial charge in [-0.2, -0.15) is 0 Å². The van der Waals surface area contributed by atoms with Crippen LogP contribution in [0.1, 0.15) is 70.6 Å². The lowest BCUT2D eigenvalue weighted by Crippen LogP contribution is -2.53. The minimum absolute atomic E-state index is 0.0482. The second-order valence-electron chi connectivity index (χ2n) is 13.0. The summed E-state index contributed by atoms with van der Waals surface area (Å²) in [6, 6.07) is 8.80. The monoisotopic (exact) mass is 668 g/mol. The van der Waals surface area contributed by atoms with Gasteiger partial charge in [0.2, 0.25) is 0 Å². The van der Waals surface area contributed by atoms with Gasteiger partial charge in [0.15, 0.2) is 11.6 Å². The first-order chi connectivity index (χ1) is 23.7. The molecule has 0 aliphatic carbocycles. The van der Waals surface area contributed by atoms with Gasteiger partial charge in [0.25, 0.3) is 11.8 Å². The number of hydrogen-bond acceptors (Lipinski definition) is 8. The number of ether oxygens (including phenoxy) is 2. The highest BCUT2D eigenvalue weighted by Crippen LogP contribution is 2.35. The number of rotatable bonds is 4. The van der Waals surface area contributed by atoms with Gasteiger partial charge in [-0.15, -0.1) is 0 Å². The molecule has 0 radical (unpaired) electrons. The molecule has 1 aromatic carbocycles. The number of carbonyl (C=O) groups excluding carboxylic acids is 2. The number of aryl methyl sites for hydroxylation is 3. The number of likely N-dealkylation sites (tertiary alicyclic amines) is 1. The normalized spacial score (nSPS) is 20.3. The van der Waals surface area contributed by atoms with Crippen molar-refractivity contribution in [1.29, 1.82) is 0 Å². The van der Waals surface area contributed by atoms with Gasteiger partial charge in [-0.1, -0.05) is 6.42 Å². The molecule has 2 aliphatic rings. The Morgan fingerprint density at radius 1 is 1.08 bits per heavy atom. The molecule has 7 rings (SSSR count). The van der Waals surface area contributed by atoms with Crippen molar-refractivity contribution in [1.82, 2.24) is 34.3 Å². The van der Waals surface area contributed by atoms with Crippen molar-refractivity contribution in [2.45, 2.75) is 63.8 Å². The van der Waals surface area contributed by atoms with E-state index in [-0.39, 0.29) is 23.6 Å². The summed E-state index contributed by atoms with van der Waals surface area (Å²) >= 11 is 0. The number of aromatic nitrogens is 5. The van der Waals surface area contributed by atoms with Gasteiger partial charge >= 0.3 is 0 Å². The van der Waals surface area contributed by atoms with E-state index in [1.54, 1.807) is 31.4 Å². The molecule has 1 saturated heterocycles. The fourth-order valence-corrected chi connectivity index (χ4v) is 7.26. The van der Waals surface area contributed by atoms with E-state index in [9.17, 15) is 14.0 Å². The molecular weight excluding hydrogens is 627 g/mol. The highest BCUT2D eigenvalue weighted by molar-refractivity contribution is 6.00. The maximum Gasteiger partial charge on any atom is 0.255 e. The van der Waals surface area contributed by atoms with Crippen LogP contribution in [0.25, 0.3) is 33.6 Å². The number of fused-ring (bicyclic) bond motifs is 3. The van der Waals surface area contributed by atoms with Crippen molar-refractivity contribution in [3.63, 3.8) is 0 Å². The van der Waals surface area contributed by atoms with Crippen LogP contribution in [0.5, 0.6) is 5.75 Å². The number of amides is 2. The first kappa shape index (κ1) is 32.7. The zero-order chi connectivity index (χ0) is 34.4. The molecule has 13 heteroatoms. The molecule has 0 spiro atoms. The molecule has 49 heavy (non-hydrogen) atoms. The number of piperidine rings is 1. The smallest absolute Gasteiger partial charge is 0.255 e. The van der Waals surface area contributed by atoms with Crippen LogP contribution in [0.15, 0.2) is 42.7 Å². The van der Waals surface area contributed by atoms with E-state index >= 15 is 0 Å². The van der Waals surface area contributed by atoms with Crippen LogP contribution in [-0.4, -0.2) is 80.3 Å². The molecule has 2 bridgehead atoms. The fourth-order valence-electron chi connectivity index (χ4n) is 7.26. The molecule has 2 aliphatic heterocycles. The summed E-state index contributed by atoms with van der Waals surface area (Å²) in [4.78, 5) is 42.8. The number of nitrogens with zero attached hydrogens (tertiary/aromatic N) is 6. The van der Waals surface area contributed by atoms with Crippen molar-refractivity contribution >= 4 is 33.9 Å². The summed E-state index contributed by atoms with van der Waals surface area (Å²) < 4.78 is 30.3. The average molecular weight is 669 g/mol. The first-order valence-electron chi connectivity index (χ1n) is 16.7. The zero-order valence-corrected chi connectivity index (χ0v) is 28.2. The summed E-state index contributed by atoms with van der Waals surface area (Å²) in [7, 11) is 5.18. The molecule has 5 aromatic rings. The second kappa shape index (κ2) is 13.2.